The van der Waals surface area contributed by atoms with E-state index in [2.05, 4.69) is 29.2 Å². The maximum absolute atomic E-state index is 3.30. The molecule has 0 aromatic rings. The van der Waals surface area contributed by atoms with Crippen LogP contribution in [0.5, 0.6) is 0 Å². The molecule has 1 unspecified atom stereocenters. The zero-order valence-electron chi connectivity index (χ0n) is 10.9. The van der Waals surface area contributed by atoms with Gasteiger partial charge in [-0.1, -0.05) is 12.8 Å². The highest BCUT2D eigenvalue weighted by Gasteiger charge is 2.31. The van der Waals surface area contributed by atoms with Gasteiger partial charge in [-0.3, -0.25) is 4.90 Å². The Kier molecular flexibility index (Phi) is 4.62. The zero-order chi connectivity index (χ0) is 11.4. The molecule has 0 aromatic heterocycles. The molecular formula is C13H27N3. The number of rotatable bonds is 4. The van der Waals surface area contributed by atoms with Crippen molar-refractivity contribution in [3.8, 4) is 0 Å². The summed E-state index contributed by atoms with van der Waals surface area (Å²) in [6.45, 7) is 4.96. The van der Waals surface area contributed by atoms with Gasteiger partial charge < -0.3 is 10.2 Å². The van der Waals surface area contributed by atoms with Gasteiger partial charge in [0.1, 0.15) is 0 Å². The molecule has 1 saturated heterocycles. The number of hydrogen-bond donors (Lipinski definition) is 1. The Labute approximate surface area is 100 Å². The summed E-state index contributed by atoms with van der Waals surface area (Å²) in [7, 11) is 4.32. The lowest BCUT2D eigenvalue weighted by Crippen LogP contribution is -2.55. The van der Waals surface area contributed by atoms with E-state index in [9.17, 15) is 0 Å². The molecule has 1 heterocycles. The van der Waals surface area contributed by atoms with Crippen LogP contribution in [0.25, 0.3) is 0 Å². The molecule has 94 valence electrons. The number of hydrogen-bond acceptors (Lipinski definition) is 3. The minimum absolute atomic E-state index is 0.786. The Morgan fingerprint density at radius 2 is 1.94 bits per heavy atom. The minimum atomic E-state index is 0.786. The maximum Gasteiger partial charge on any atom is 0.0238 e. The summed E-state index contributed by atoms with van der Waals surface area (Å²) in [4.78, 5) is 5.30. The molecule has 0 spiro atoms. The van der Waals surface area contributed by atoms with E-state index in [4.69, 9.17) is 0 Å². The van der Waals surface area contributed by atoms with Crippen molar-refractivity contribution in [2.24, 2.45) is 0 Å². The fourth-order valence-electron chi connectivity index (χ4n) is 3.31. The summed E-state index contributed by atoms with van der Waals surface area (Å²) < 4.78 is 0. The van der Waals surface area contributed by atoms with Gasteiger partial charge >= 0.3 is 0 Å². The summed E-state index contributed by atoms with van der Waals surface area (Å²) in [5.41, 5.74) is 0. The molecule has 2 rings (SSSR count). The average Bonchev–Trinajstić information content (AvgIpc) is 2.80. The molecule has 0 aromatic carbocycles. The van der Waals surface area contributed by atoms with Crippen LogP contribution in [0.15, 0.2) is 0 Å². The Morgan fingerprint density at radius 1 is 1.19 bits per heavy atom. The highest BCUT2D eigenvalue weighted by Crippen LogP contribution is 2.27. The fourth-order valence-corrected chi connectivity index (χ4v) is 3.31. The quantitative estimate of drug-likeness (QED) is 0.774. The SMILES string of the molecule is CNCCC1CN(C)CCN1C1CCCC1. The number of piperazine rings is 1. The molecule has 1 aliphatic carbocycles. The summed E-state index contributed by atoms with van der Waals surface area (Å²) in [6, 6.07) is 1.69. The first-order chi connectivity index (χ1) is 7.81. The summed E-state index contributed by atoms with van der Waals surface area (Å²) >= 11 is 0. The van der Waals surface area contributed by atoms with Crippen LogP contribution in [0.1, 0.15) is 32.1 Å². The summed E-state index contributed by atoms with van der Waals surface area (Å²) in [5.74, 6) is 0. The highest BCUT2D eigenvalue weighted by atomic mass is 15.3. The normalized spacial score (nSPS) is 30.0. The van der Waals surface area contributed by atoms with Gasteiger partial charge in [-0.2, -0.15) is 0 Å². The van der Waals surface area contributed by atoms with E-state index >= 15 is 0 Å². The standard InChI is InChI=1S/C13H27N3/c1-14-8-7-13-11-15(2)9-10-16(13)12-5-3-4-6-12/h12-14H,3-11H2,1-2H3. The van der Waals surface area contributed by atoms with Crippen molar-refractivity contribution in [3.63, 3.8) is 0 Å². The van der Waals surface area contributed by atoms with Crippen molar-refractivity contribution in [2.45, 2.75) is 44.2 Å². The zero-order valence-corrected chi connectivity index (χ0v) is 10.9. The van der Waals surface area contributed by atoms with E-state index in [0.29, 0.717) is 0 Å². The van der Waals surface area contributed by atoms with Crippen molar-refractivity contribution in [1.29, 1.82) is 0 Å². The van der Waals surface area contributed by atoms with Crippen molar-refractivity contribution in [1.82, 2.24) is 15.1 Å². The van der Waals surface area contributed by atoms with Crippen molar-refractivity contribution >= 4 is 0 Å². The van der Waals surface area contributed by atoms with Gasteiger partial charge in [0, 0.05) is 31.7 Å². The van der Waals surface area contributed by atoms with Crippen molar-refractivity contribution < 1.29 is 0 Å². The van der Waals surface area contributed by atoms with Crippen LogP contribution in [-0.2, 0) is 0 Å². The van der Waals surface area contributed by atoms with Gasteiger partial charge in [-0.15, -0.1) is 0 Å². The Hall–Kier alpha value is -0.120. The second-order valence-corrected chi connectivity index (χ2v) is 5.48. The first kappa shape index (κ1) is 12.3. The Bertz CT molecular complexity index is 201. The van der Waals surface area contributed by atoms with Gasteiger partial charge in [0.25, 0.3) is 0 Å². The van der Waals surface area contributed by atoms with E-state index in [1.165, 1.54) is 51.7 Å². The first-order valence-electron chi connectivity index (χ1n) is 6.90. The molecule has 0 radical (unpaired) electrons. The van der Waals surface area contributed by atoms with E-state index in [1.54, 1.807) is 0 Å². The average molecular weight is 225 g/mol. The molecule has 3 nitrogen and oxygen atoms in total. The van der Waals surface area contributed by atoms with Crippen LogP contribution in [0.2, 0.25) is 0 Å². The smallest absolute Gasteiger partial charge is 0.0238 e. The maximum atomic E-state index is 3.30. The predicted octanol–water partition coefficient (Wildman–Crippen LogP) is 1.15. The third kappa shape index (κ3) is 2.96. The molecule has 1 aliphatic heterocycles. The molecule has 2 fully saturated rings. The van der Waals surface area contributed by atoms with Gasteiger partial charge in [0.2, 0.25) is 0 Å². The monoisotopic (exact) mass is 225 g/mol. The van der Waals surface area contributed by atoms with Crippen LogP contribution >= 0.6 is 0 Å². The Morgan fingerprint density at radius 3 is 2.62 bits per heavy atom. The van der Waals surface area contributed by atoms with E-state index in [-0.39, 0.29) is 0 Å². The molecule has 0 bridgehead atoms. The lowest BCUT2D eigenvalue weighted by atomic mass is 10.0. The fraction of sp³-hybridized carbons (Fsp3) is 1.00. The Balaban J connectivity index is 1.90. The van der Waals surface area contributed by atoms with Crippen molar-refractivity contribution in [3.05, 3.63) is 0 Å². The molecule has 0 amide bonds. The molecule has 1 atom stereocenters. The second-order valence-electron chi connectivity index (χ2n) is 5.48. The van der Waals surface area contributed by atoms with E-state index in [0.717, 1.165) is 18.6 Å². The van der Waals surface area contributed by atoms with Crippen LogP contribution in [-0.4, -0.2) is 62.2 Å². The molecular weight excluding hydrogens is 198 g/mol. The van der Waals surface area contributed by atoms with E-state index < -0.39 is 0 Å². The van der Waals surface area contributed by atoms with Gasteiger partial charge in [-0.25, -0.2) is 0 Å². The summed E-state index contributed by atoms with van der Waals surface area (Å²) in [5, 5.41) is 3.30. The number of likely N-dealkylation sites (N-methyl/N-ethyl adjacent to an activating group) is 1. The minimum Gasteiger partial charge on any atom is -0.320 e. The molecule has 1 saturated carbocycles. The third-order valence-corrected chi connectivity index (χ3v) is 4.25. The van der Waals surface area contributed by atoms with Crippen LogP contribution < -0.4 is 5.32 Å². The van der Waals surface area contributed by atoms with Crippen LogP contribution in [0.3, 0.4) is 0 Å². The van der Waals surface area contributed by atoms with E-state index in [1.807, 2.05) is 0 Å². The molecule has 16 heavy (non-hydrogen) atoms. The molecule has 1 N–H and O–H groups in total. The lowest BCUT2D eigenvalue weighted by molar-refractivity contribution is 0.0499. The highest BCUT2D eigenvalue weighted by molar-refractivity contribution is 4.88. The number of nitrogens with one attached hydrogen (secondary N) is 1. The van der Waals surface area contributed by atoms with Crippen molar-refractivity contribution in [2.75, 3.05) is 40.3 Å². The lowest BCUT2D eigenvalue weighted by Gasteiger charge is -2.43. The van der Waals surface area contributed by atoms with Crippen LogP contribution in [0.4, 0.5) is 0 Å². The topological polar surface area (TPSA) is 18.5 Å². The summed E-state index contributed by atoms with van der Waals surface area (Å²) in [6.07, 6.45) is 7.10. The predicted molar refractivity (Wildman–Crippen MR) is 68.8 cm³/mol. The van der Waals surface area contributed by atoms with Gasteiger partial charge in [0.15, 0.2) is 0 Å². The third-order valence-electron chi connectivity index (χ3n) is 4.25. The van der Waals surface area contributed by atoms with Crippen LogP contribution in [0, 0.1) is 0 Å². The largest absolute Gasteiger partial charge is 0.320 e. The van der Waals surface area contributed by atoms with Gasteiger partial charge in [-0.05, 0) is 39.9 Å². The first-order valence-corrected chi connectivity index (χ1v) is 6.90. The number of nitrogens with zero attached hydrogens (tertiary/aromatic N) is 2. The second kappa shape index (κ2) is 5.99. The molecule has 3 heteroatoms. The molecule has 2 aliphatic rings. The van der Waals surface area contributed by atoms with Gasteiger partial charge in [0.05, 0.1) is 0 Å².